The van der Waals surface area contributed by atoms with Crippen LogP contribution in [0.15, 0.2) is 42.6 Å². The van der Waals surface area contributed by atoms with Gasteiger partial charge in [0.05, 0.1) is 6.04 Å². The van der Waals surface area contributed by atoms with Gasteiger partial charge in [-0.3, -0.25) is 9.59 Å². The highest BCUT2D eigenvalue weighted by Gasteiger charge is 2.27. The number of aromatic nitrogens is 3. The molecule has 3 aromatic rings. The Morgan fingerprint density at radius 1 is 1.16 bits per heavy atom. The standard InChI is InChI=1S/C22H25N7O2/c1-13-5-10-17(26-12-13)27-22(31)15-8-6-14(7-9-15)18-19(20(23)30)29(24)21(28-18)16-4-2-3-11-25-16/h5-10,12,16,25H,2-4,11,24H2,1H3,(H2,23,30)(H,26,27,31)/t16-/m0/s1. The smallest absolute Gasteiger partial charge is 0.269 e. The van der Waals surface area contributed by atoms with Crippen LogP contribution in [-0.2, 0) is 0 Å². The Morgan fingerprint density at radius 3 is 2.55 bits per heavy atom. The summed E-state index contributed by atoms with van der Waals surface area (Å²) in [6.07, 6.45) is 4.73. The first-order chi connectivity index (χ1) is 14.9. The third kappa shape index (κ3) is 4.26. The van der Waals surface area contributed by atoms with Gasteiger partial charge in [0.25, 0.3) is 11.8 Å². The van der Waals surface area contributed by atoms with Crippen molar-refractivity contribution in [1.82, 2.24) is 20.0 Å². The minimum atomic E-state index is -0.653. The van der Waals surface area contributed by atoms with E-state index in [2.05, 4.69) is 20.6 Å². The van der Waals surface area contributed by atoms with Gasteiger partial charge < -0.3 is 22.2 Å². The van der Waals surface area contributed by atoms with Crippen molar-refractivity contribution < 1.29 is 9.59 Å². The highest BCUT2D eigenvalue weighted by molar-refractivity contribution is 6.04. The Kier molecular flexibility index (Phi) is 5.68. The van der Waals surface area contributed by atoms with Crippen molar-refractivity contribution in [2.45, 2.75) is 32.2 Å². The topological polar surface area (TPSA) is 141 Å². The minimum Gasteiger partial charge on any atom is -0.364 e. The Bertz CT molecular complexity index is 1100. The van der Waals surface area contributed by atoms with Crippen molar-refractivity contribution in [1.29, 1.82) is 0 Å². The van der Waals surface area contributed by atoms with E-state index < -0.39 is 5.91 Å². The second kappa shape index (κ2) is 8.57. The third-order valence-electron chi connectivity index (χ3n) is 5.37. The summed E-state index contributed by atoms with van der Waals surface area (Å²) in [5.74, 6) is 6.31. The summed E-state index contributed by atoms with van der Waals surface area (Å²) in [5.41, 5.74) is 8.26. The molecule has 1 fully saturated rings. The van der Waals surface area contributed by atoms with Gasteiger partial charge in [0.15, 0.2) is 5.69 Å². The number of nitrogens with two attached hydrogens (primary N) is 2. The normalized spacial score (nSPS) is 16.1. The molecule has 0 radical (unpaired) electrons. The number of piperidine rings is 1. The van der Waals surface area contributed by atoms with E-state index in [1.807, 2.05) is 13.0 Å². The first-order valence-electron chi connectivity index (χ1n) is 10.2. The van der Waals surface area contributed by atoms with Crippen LogP contribution in [0.1, 0.15) is 57.5 Å². The van der Waals surface area contributed by atoms with E-state index >= 15 is 0 Å². The van der Waals surface area contributed by atoms with Gasteiger partial charge in [-0.25, -0.2) is 14.6 Å². The third-order valence-corrected chi connectivity index (χ3v) is 5.37. The molecule has 1 aliphatic heterocycles. The number of nitrogens with zero attached hydrogens (tertiary/aromatic N) is 3. The number of nitrogens with one attached hydrogen (secondary N) is 2. The molecule has 0 aliphatic carbocycles. The fourth-order valence-electron chi connectivity index (χ4n) is 3.71. The maximum absolute atomic E-state index is 12.5. The summed E-state index contributed by atoms with van der Waals surface area (Å²) in [5, 5.41) is 6.14. The number of pyridine rings is 1. The number of rotatable bonds is 5. The molecule has 0 bridgehead atoms. The lowest BCUT2D eigenvalue weighted by atomic mass is 10.0. The molecular formula is C22H25N7O2. The first-order valence-corrected chi connectivity index (χ1v) is 10.2. The number of primary amides is 1. The monoisotopic (exact) mass is 419 g/mol. The number of hydrogen-bond donors (Lipinski definition) is 4. The fraction of sp³-hybridized carbons (Fsp3) is 0.273. The highest BCUT2D eigenvalue weighted by atomic mass is 16.2. The molecule has 31 heavy (non-hydrogen) atoms. The molecule has 1 atom stereocenters. The van der Waals surface area contributed by atoms with Gasteiger partial charge in [-0.05, 0) is 50.1 Å². The molecule has 0 saturated carbocycles. The summed E-state index contributed by atoms with van der Waals surface area (Å²) >= 11 is 0. The molecule has 2 aromatic heterocycles. The van der Waals surface area contributed by atoms with Crippen molar-refractivity contribution in [3.63, 3.8) is 0 Å². The van der Waals surface area contributed by atoms with Gasteiger partial charge in [0.2, 0.25) is 0 Å². The van der Waals surface area contributed by atoms with Crippen LogP contribution in [0.4, 0.5) is 5.82 Å². The van der Waals surface area contributed by atoms with Crippen LogP contribution in [-0.4, -0.2) is 33.0 Å². The van der Waals surface area contributed by atoms with E-state index in [0.717, 1.165) is 31.4 Å². The lowest BCUT2D eigenvalue weighted by molar-refractivity contribution is 0.0991. The number of nitrogen functional groups attached to an aromatic ring is 1. The van der Waals surface area contributed by atoms with Crippen molar-refractivity contribution in [3.05, 3.63) is 65.2 Å². The van der Waals surface area contributed by atoms with Crippen molar-refractivity contribution in [2.24, 2.45) is 5.73 Å². The maximum Gasteiger partial charge on any atom is 0.269 e. The number of anilines is 1. The lowest BCUT2D eigenvalue weighted by Crippen LogP contribution is -2.32. The molecule has 0 unspecified atom stereocenters. The Morgan fingerprint density at radius 2 is 1.94 bits per heavy atom. The second-order valence-electron chi connectivity index (χ2n) is 7.66. The van der Waals surface area contributed by atoms with Gasteiger partial charge in [-0.1, -0.05) is 24.6 Å². The summed E-state index contributed by atoms with van der Waals surface area (Å²) in [7, 11) is 0. The quantitative estimate of drug-likeness (QED) is 0.467. The van der Waals surface area contributed by atoms with E-state index in [0.29, 0.717) is 28.5 Å². The van der Waals surface area contributed by atoms with Gasteiger partial charge in [0.1, 0.15) is 17.3 Å². The molecule has 0 spiro atoms. The molecule has 2 amide bonds. The van der Waals surface area contributed by atoms with E-state index in [9.17, 15) is 9.59 Å². The number of benzene rings is 1. The molecule has 1 aromatic carbocycles. The van der Waals surface area contributed by atoms with Crippen molar-refractivity contribution >= 4 is 17.6 Å². The second-order valence-corrected chi connectivity index (χ2v) is 7.66. The fourth-order valence-corrected chi connectivity index (χ4v) is 3.71. The van der Waals surface area contributed by atoms with Gasteiger partial charge in [-0.15, -0.1) is 0 Å². The van der Waals surface area contributed by atoms with E-state index in [-0.39, 0.29) is 17.6 Å². The van der Waals surface area contributed by atoms with Crippen LogP contribution < -0.4 is 22.2 Å². The molecule has 1 saturated heterocycles. The van der Waals surface area contributed by atoms with E-state index in [4.69, 9.17) is 11.6 Å². The molecule has 9 heteroatoms. The largest absolute Gasteiger partial charge is 0.364 e. The van der Waals surface area contributed by atoms with Crippen LogP contribution in [0.2, 0.25) is 0 Å². The summed E-state index contributed by atoms with van der Waals surface area (Å²) < 4.78 is 1.28. The number of imidazole rings is 1. The molecule has 1 aliphatic rings. The predicted molar refractivity (Wildman–Crippen MR) is 118 cm³/mol. The number of carbonyl (C=O) groups excluding carboxylic acids is 2. The zero-order valence-electron chi connectivity index (χ0n) is 17.3. The first kappa shape index (κ1) is 20.5. The van der Waals surface area contributed by atoms with Gasteiger partial charge in [-0.2, -0.15) is 0 Å². The van der Waals surface area contributed by atoms with Crippen LogP contribution >= 0.6 is 0 Å². The molecule has 160 valence electrons. The Labute approximate surface area is 179 Å². The number of amides is 2. The molecule has 4 rings (SSSR count). The summed E-state index contributed by atoms with van der Waals surface area (Å²) in [4.78, 5) is 33.4. The summed E-state index contributed by atoms with van der Waals surface area (Å²) in [6, 6.07) is 10.4. The Hall–Kier alpha value is -3.72. The van der Waals surface area contributed by atoms with Crippen LogP contribution in [0.25, 0.3) is 11.3 Å². The predicted octanol–water partition coefficient (Wildman–Crippen LogP) is 2.13. The average Bonchev–Trinajstić information content (AvgIpc) is 3.13. The Balaban J connectivity index is 1.60. The molecule has 6 N–H and O–H groups in total. The number of hydrogen-bond acceptors (Lipinski definition) is 6. The summed E-state index contributed by atoms with van der Waals surface area (Å²) in [6.45, 7) is 2.80. The molecular weight excluding hydrogens is 394 g/mol. The van der Waals surface area contributed by atoms with Crippen molar-refractivity contribution in [2.75, 3.05) is 17.7 Å². The van der Waals surface area contributed by atoms with E-state index in [1.165, 1.54) is 4.68 Å². The number of aryl methyl sites for hydroxylation is 1. The highest BCUT2D eigenvalue weighted by Crippen LogP contribution is 2.28. The molecule has 3 heterocycles. The zero-order valence-corrected chi connectivity index (χ0v) is 17.3. The lowest BCUT2D eigenvalue weighted by Gasteiger charge is -2.22. The molecule has 9 nitrogen and oxygen atoms in total. The van der Waals surface area contributed by atoms with Crippen molar-refractivity contribution in [3.8, 4) is 11.3 Å². The number of carbonyl (C=O) groups is 2. The van der Waals surface area contributed by atoms with Crippen LogP contribution in [0.5, 0.6) is 0 Å². The maximum atomic E-state index is 12.5. The zero-order chi connectivity index (χ0) is 22.0. The van der Waals surface area contributed by atoms with Crippen LogP contribution in [0, 0.1) is 6.92 Å². The van der Waals surface area contributed by atoms with E-state index in [1.54, 1.807) is 36.5 Å². The van der Waals surface area contributed by atoms with Gasteiger partial charge >= 0.3 is 0 Å². The van der Waals surface area contributed by atoms with Crippen LogP contribution in [0.3, 0.4) is 0 Å². The SMILES string of the molecule is Cc1ccc(NC(=O)c2ccc(-c3nc([C@@H]4CCCCN4)n(N)c3C(N)=O)cc2)nc1. The van der Waals surface area contributed by atoms with Gasteiger partial charge in [0, 0.05) is 17.3 Å². The average molecular weight is 419 g/mol. The minimum absolute atomic E-state index is 0.0299.